The van der Waals surface area contributed by atoms with Gasteiger partial charge in [0, 0.05) is 5.56 Å². The summed E-state index contributed by atoms with van der Waals surface area (Å²) in [5.74, 6) is 1.01. The number of hydrogen-bond acceptors (Lipinski definition) is 4. The van der Waals surface area contributed by atoms with Gasteiger partial charge in [0.05, 0.1) is 30.0 Å². The molecule has 2 heterocycles. The molecule has 0 spiro atoms. The number of benzene rings is 2. The zero-order valence-corrected chi connectivity index (χ0v) is 17.5. The molecular formula is C24H24FN3O3. The number of carbonyl (C=O) groups excluding carboxylic acids is 1. The summed E-state index contributed by atoms with van der Waals surface area (Å²) in [7, 11) is 0. The third kappa shape index (κ3) is 3.87. The van der Waals surface area contributed by atoms with Crippen LogP contribution in [-0.4, -0.2) is 22.5 Å². The largest absolute Gasteiger partial charge is 0.454 e. The van der Waals surface area contributed by atoms with Crippen molar-refractivity contribution in [3.05, 3.63) is 71.3 Å². The van der Waals surface area contributed by atoms with Crippen LogP contribution in [0.2, 0.25) is 0 Å². The van der Waals surface area contributed by atoms with E-state index in [1.54, 1.807) is 16.9 Å². The second-order valence-corrected chi connectivity index (χ2v) is 8.97. The molecule has 1 aliphatic heterocycles. The molecular weight excluding hydrogens is 397 g/mol. The lowest BCUT2D eigenvalue weighted by atomic mass is 9.74. The number of rotatable bonds is 4. The molecule has 2 aliphatic rings. The van der Waals surface area contributed by atoms with E-state index in [1.165, 1.54) is 12.1 Å². The summed E-state index contributed by atoms with van der Waals surface area (Å²) < 4.78 is 26.3. The van der Waals surface area contributed by atoms with Crippen LogP contribution in [0.1, 0.15) is 43.1 Å². The second-order valence-electron chi connectivity index (χ2n) is 8.97. The van der Waals surface area contributed by atoms with Crippen molar-refractivity contribution in [2.24, 2.45) is 5.41 Å². The van der Waals surface area contributed by atoms with E-state index in [4.69, 9.17) is 9.47 Å². The van der Waals surface area contributed by atoms with Gasteiger partial charge in [-0.15, -0.1) is 0 Å². The van der Waals surface area contributed by atoms with Crippen molar-refractivity contribution in [1.29, 1.82) is 0 Å². The molecule has 5 rings (SSSR count). The maximum absolute atomic E-state index is 13.8. The van der Waals surface area contributed by atoms with Gasteiger partial charge in [0.25, 0.3) is 0 Å². The maximum Gasteiger partial charge on any atom is 0.231 e. The Kier molecular flexibility index (Phi) is 4.68. The number of fused-ring (bicyclic) bond motifs is 2. The third-order valence-corrected chi connectivity index (χ3v) is 5.87. The van der Waals surface area contributed by atoms with Gasteiger partial charge in [-0.1, -0.05) is 26.0 Å². The molecule has 160 valence electrons. The average molecular weight is 421 g/mol. The molecule has 1 aromatic heterocycles. The normalized spacial score (nSPS) is 18.5. The van der Waals surface area contributed by atoms with Gasteiger partial charge in [0.2, 0.25) is 12.7 Å². The van der Waals surface area contributed by atoms with Crippen molar-refractivity contribution in [3.8, 4) is 17.2 Å². The van der Waals surface area contributed by atoms with Gasteiger partial charge >= 0.3 is 0 Å². The summed E-state index contributed by atoms with van der Waals surface area (Å²) in [4.78, 5) is 12.9. The van der Waals surface area contributed by atoms with Gasteiger partial charge in [-0.05, 0) is 54.2 Å². The molecule has 1 N–H and O–H groups in total. The Morgan fingerprint density at radius 2 is 2.06 bits per heavy atom. The van der Waals surface area contributed by atoms with Crippen LogP contribution in [0.3, 0.4) is 0 Å². The molecule has 0 saturated carbocycles. The molecule has 0 radical (unpaired) electrons. The zero-order chi connectivity index (χ0) is 21.6. The van der Waals surface area contributed by atoms with Gasteiger partial charge in [-0.3, -0.25) is 4.79 Å². The monoisotopic (exact) mass is 421 g/mol. The molecule has 0 bridgehead atoms. The minimum absolute atomic E-state index is 0.0329. The molecule has 2 aromatic carbocycles. The van der Waals surface area contributed by atoms with Crippen LogP contribution in [0.4, 0.5) is 4.39 Å². The van der Waals surface area contributed by atoms with Crippen LogP contribution in [0.25, 0.3) is 5.69 Å². The van der Waals surface area contributed by atoms with Crippen molar-refractivity contribution in [2.75, 3.05) is 6.79 Å². The maximum atomic E-state index is 13.8. The predicted octanol–water partition coefficient (Wildman–Crippen LogP) is 4.11. The Bertz CT molecular complexity index is 1150. The van der Waals surface area contributed by atoms with Gasteiger partial charge < -0.3 is 14.8 Å². The van der Waals surface area contributed by atoms with Gasteiger partial charge in [0.15, 0.2) is 11.5 Å². The molecule has 0 saturated heterocycles. The van der Waals surface area contributed by atoms with E-state index in [9.17, 15) is 9.18 Å². The molecule has 31 heavy (non-hydrogen) atoms. The minimum Gasteiger partial charge on any atom is -0.454 e. The highest BCUT2D eigenvalue weighted by molar-refractivity contribution is 5.79. The summed E-state index contributed by atoms with van der Waals surface area (Å²) >= 11 is 0. The van der Waals surface area contributed by atoms with Crippen molar-refractivity contribution in [1.82, 2.24) is 15.1 Å². The van der Waals surface area contributed by atoms with E-state index in [0.717, 1.165) is 29.7 Å². The smallest absolute Gasteiger partial charge is 0.231 e. The molecule has 1 amide bonds. The Balaban J connectivity index is 1.38. The number of carbonyl (C=O) groups is 1. The number of nitrogens with zero attached hydrogens (tertiary/aromatic N) is 2. The Hall–Kier alpha value is -3.35. The van der Waals surface area contributed by atoms with Crippen LogP contribution in [0, 0.1) is 11.2 Å². The fraction of sp³-hybridized carbons (Fsp3) is 0.333. The van der Waals surface area contributed by atoms with Gasteiger partial charge in [0.1, 0.15) is 5.82 Å². The first kappa shape index (κ1) is 19.6. The van der Waals surface area contributed by atoms with E-state index in [-0.39, 0.29) is 36.4 Å². The SMILES string of the molecule is CC1(C)Cc2c(cnn2-c2cccc(F)c2)[C@H](NC(=O)Cc2ccc3c(c2)OCO3)C1. The van der Waals surface area contributed by atoms with Gasteiger partial charge in [-0.2, -0.15) is 5.10 Å². The number of hydrogen-bond donors (Lipinski definition) is 1. The molecule has 3 aromatic rings. The quantitative estimate of drug-likeness (QED) is 0.689. The first-order chi connectivity index (χ1) is 14.9. The predicted molar refractivity (Wildman–Crippen MR) is 113 cm³/mol. The van der Waals surface area contributed by atoms with Gasteiger partial charge in [-0.25, -0.2) is 9.07 Å². The van der Waals surface area contributed by atoms with E-state index < -0.39 is 0 Å². The Morgan fingerprint density at radius 3 is 2.90 bits per heavy atom. The molecule has 7 heteroatoms. The van der Waals surface area contributed by atoms with Crippen LogP contribution >= 0.6 is 0 Å². The summed E-state index contributed by atoms with van der Waals surface area (Å²) in [5, 5.41) is 7.71. The van der Waals surface area contributed by atoms with E-state index in [0.29, 0.717) is 17.2 Å². The first-order valence-electron chi connectivity index (χ1n) is 10.4. The van der Waals surface area contributed by atoms with E-state index in [2.05, 4.69) is 24.3 Å². The molecule has 6 nitrogen and oxygen atoms in total. The Morgan fingerprint density at radius 1 is 1.23 bits per heavy atom. The lowest BCUT2D eigenvalue weighted by Gasteiger charge is -2.36. The van der Waals surface area contributed by atoms with Crippen LogP contribution in [-0.2, 0) is 17.6 Å². The fourth-order valence-corrected chi connectivity index (χ4v) is 4.48. The molecule has 0 unspecified atom stereocenters. The first-order valence-corrected chi connectivity index (χ1v) is 10.4. The number of aromatic nitrogens is 2. The highest BCUT2D eigenvalue weighted by Gasteiger charge is 2.36. The second kappa shape index (κ2) is 7.41. The van der Waals surface area contributed by atoms with Crippen LogP contribution in [0.5, 0.6) is 11.5 Å². The number of nitrogens with one attached hydrogen (secondary N) is 1. The van der Waals surface area contributed by atoms with Crippen LogP contribution in [0.15, 0.2) is 48.7 Å². The summed E-state index contributed by atoms with van der Waals surface area (Å²) in [6.07, 6.45) is 3.65. The van der Waals surface area contributed by atoms with E-state index >= 15 is 0 Å². The summed E-state index contributed by atoms with van der Waals surface area (Å²) in [5.41, 5.74) is 3.52. The Labute approximate surface area is 180 Å². The highest BCUT2D eigenvalue weighted by atomic mass is 19.1. The van der Waals surface area contributed by atoms with Crippen molar-refractivity contribution < 1.29 is 18.7 Å². The van der Waals surface area contributed by atoms with Crippen molar-refractivity contribution >= 4 is 5.91 Å². The van der Waals surface area contributed by atoms with Crippen LogP contribution < -0.4 is 14.8 Å². The fourth-order valence-electron chi connectivity index (χ4n) is 4.48. The lowest BCUT2D eigenvalue weighted by Crippen LogP contribution is -2.37. The minimum atomic E-state index is -0.301. The average Bonchev–Trinajstić information content (AvgIpc) is 3.33. The number of ether oxygens (including phenoxy) is 2. The number of halogens is 1. The molecule has 1 atom stereocenters. The molecule has 1 aliphatic carbocycles. The molecule has 0 fully saturated rings. The van der Waals surface area contributed by atoms with E-state index in [1.807, 2.05) is 24.3 Å². The topological polar surface area (TPSA) is 65.4 Å². The third-order valence-electron chi connectivity index (χ3n) is 5.87. The zero-order valence-electron chi connectivity index (χ0n) is 17.5. The summed E-state index contributed by atoms with van der Waals surface area (Å²) in [6.45, 7) is 4.56. The standard InChI is InChI=1S/C24H24FN3O3/c1-24(2)11-19(27-23(29)9-15-6-7-21-22(8-15)31-14-30-21)18-13-26-28(20(18)12-24)17-5-3-4-16(25)10-17/h3-8,10,13,19H,9,11-12,14H2,1-2H3,(H,27,29)/t19-/m1/s1. The number of amides is 1. The highest BCUT2D eigenvalue weighted by Crippen LogP contribution is 2.41. The van der Waals surface area contributed by atoms with Crippen molar-refractivity contribution in [3.63, 3.8) is 0 Å². The lowest BCUT2D eigenvalue weighted by molar-refractivity contribution is -0.121. The van der Waals surface area contributed by atoms with Crippen molar-refractivity contribution in [2.45, 2.75) is 39.2 Å². The summed E-state index contributed by atoms with van der Waals surface area (Å²) in [6, 6.07) is 11.8.